The van der Waals surface area contributed by atoms with Crippen molar-refractivity contribution in [3.8, 4) is 0 Å². The number of halogens is 1. The highest BCUT2D eigenvalue weighted by atomic mass is 32.2. The molecule has 0 spiro atoms. The maximum atomic E-state index is 13.0. The fourth-order valence-corrected chi connectivity index (χ4v) is 3.65. The number of thioether (sulfide) groups is 1. The van der Waals surface area contributed by atoms with E-state index in [1.807, 2.05) is 30.3 Å². The molecule has 2 aromatic carbocycles. The summed E-state index contributed by atoms with van der Waals surface area (Å²) in [5, 5.41) is 10.0. The number of pyridine rings is 1. The highest BCUT2D eigenvalue weighted by Gasteiger charge is 2.09. The zero-order chi connectivity index (χ0) is 19.3. The van der Waals surface area contributed by atoms with Gasteiger partial charge in [-0.2, -0.15) is 5.10 Å². The number of hydrogen-bond acceptors (Lipinski definition) is 4. The summed E-state index contributed by atoms with van der Waals surface area (Å²) < 4.78 is 14.7. The smallest absolute Gasteiger partial charge is 0.234 e. The molecule has 0 bridgehead atoms. The van der Waals surface area contributed by atoms with Gasteiger partial charge in [-0.25, -0.2) is 9.37 Å². The number of benzene rings is 2. The van der Waals surface area contributed by atoms with Gasteiger partial charge in [0.2, 0.25) is 5.91 Å². The second-order valence-corrected chi connectivity index (χ2v) is 7.19. The van der Waals surface area contributed by atoms with Gasteiger partial charge in [-0.3, -0.25) is 9.48 Å². The van der Waals surface area contributed by atoms with E-state index in [-0.39, 0.29) is 17.5 Å². The fourth-order valence-electron chi connectivity index (χ4n) is 2.83. The van der Waals surface area contributed by atoms with Crippen molar-refractivity contribution in [1.82, 2.24) is 14.8 Å². The molecule has 0 aliphatic rings. The number of carbonyl (C=O) groups is 1. The van der Waals surface area contributed by atoms with Gasteiger partial charge in [-0.05, 0) is 29.1 Å². The summed E-state index contributed by atoms with van der Waals surface area (Å²) in [6, 6.07) is 16.2. The van der Waals surface area contributed by atoms with Crippen molar-refractivity contribution in [1.29, 1.82) is 0 Å². The molecule has 0 saturated carbocycles. The Morgan fingerprint density at radius 3 is 2.79 bits per heavy atom. The lowest BCUT2D eigenvalue weighted by atomic mass is 10.2. The number of rotatable bonds is 6. The van der Waals surface area contributed by atoms with Gasteiger partial charge in [0.05, 0.1) is 24.2 Å². The zero-order valence-electron chi connectivity index (χ0n) is 14.9. The summed E-state index contributed by atoms with van der Waals surface area (Å²) in [6.45, 7) is 0.505. The third-order valence-corrected chi connectivity index (χ3v) is 5.16. The largest absolute Gasteiger partial charge is 0.323 e. The minimum atomic E-state index is -0.268. The molecule has 0 aliphatic heterocycles. The van der Waals surface area contributed by atoms with E-state index in [0.717, 1.165) is 21.4 Å². The molecule has 0 atom stereocenters. The number of hydrogen-bond donors (Lipinski definition) is 1. The van der Waals surface area contributed by atoms with E-state index >= 15 is 0 Å². The van der Waals surface area contributed by atoms with Crippen LogP contribution in [0.5, 0.6) is 0 Å². The van der Waals surface area contributed by atoms with E-state index in [9.17, 15) is 9.18 Å². The number of nitrogens with one attached hydrogen (secondary N) is 1. The number of amides is 1. The summed E-state index contributed by atoms with van der Waals surface area (Å²) in [4.78, 5) is 16.7. The first kappa shape index (κ1) is 18.2. The average molecular weight is 392 g/mol. The van der Waals surface area contributed by atoms with Crippen LogP contribution in [0.25, 0.3) is 10.8 Å². The third-order valence-electron chi connectivity index (χ3n) is 4.15. The van der Waals surface area contributed by atoms with Gasteiger partial charge in [0.25, 0.3) is 0 Å². The molecule has 2 heterocycles. The Hall–Kier alpha value is -3.19. The second-order valence-electron chi connectivity index (χ2n) is 6.23. The Morgan fingerprint density at radius 1 is 1.11 bits per heavy atom. The highest BCUT2D eigenvalue weighted by Crippen LogP contribution is 2.25. The summed E-state index contributed by atoms with van der Waals surface area (Å²) in [7, 11) is 0. The zero-order valence-corrected chi connectivity index (χ0v) is 15.7. The molecule has 4 aromatic rings. The van der Waals surface area contributed by atoms with E-state index in [4.69, 9.17) is 0 Å². The van der Waals surface area contributed by atoms with Crippen molar-refractivity contribution in [2.45, 2.75) is 11.6 Å². The van der Waals surface area contributed by atoms with Crippen molar-refractivity contribution in [2.24, 2.45) is 0 Å². The normalized spacial score (nSPS) is 10.9. The van der Waals surface area contributed by atoms with Crippen LogP contribution in [0.15, 0.2) is 78.2 Å². The molecule has 28 heavy (non-hydrogen) atoms. The number of carbonyl (C=O) groups excluding carboxylic acids is 1. The first-order valence-electron chi connectivity index (χ1n) is 8.71. The van der Waals surface area contributed by atoms with Crippen molar-refractivity contribution in [3.63, 3.8) is 0 Å². The van der Waals surface area contributed by atoms with Crippen molar-refractivity contribution >= 4 is 34.1 Å². The van der Waals surface area contributed by atoms with Crippen LogP contribution in [0.3, 0.4) is 0 Å². The fraction of sp³-hybridized carbons (Fsp3) is 0.0952. The van der Waals surface area contributed by atoms with Gasteiger partial charge in [-0.1, -0.05) is 48.2 Å². The Balaban J connectivity index is 1.35. The minimum absolute atomic E-state index is 0.124. The maximum absolute atomic E-state index is 13.0. The van der Waals surface area contributed by atoms with Crippen LogP contribution < -0.4 is 5.32 Å². The van der Waals surface area contributed by atoms with E-state index in [1.54, 1.807) is 35.4 Å². The SMILES string of the molecule is O=C(CSc1nccc2ccccc12)Nc1cnn(Cc2ccc(F)cc2)c1. The van der Waals surface area contributed by atoms with Crippen LogP contribution in [-0.2, 0) is 11.3 Å². The van der Waals surface area contributed by atoms with Gasteiger partial charge in [0, 0.05) is 17.8 Å². The summed E-state index contributed by atoms with van der Waals surface area (Å²) in [6.07, 6.45) is 5.10. The molecule has 2 aromatic heterocycles. The van der Waals surface area contributed by atoms with E-state index in [1.165, 1.54) is 23.9 Å². The number of aromatic nitrogens is 3. The molecule has 0 fully saturated rings. The molecule has 7 heteroatoms. The van der Waals surface area contributed by atoms with Crippen LogP contribution in [0.2, 0.25) is 0 Å². The standard InChI is InChI=1S/C21H17FN4OS/c22-17-7-5-15(6-8-17)12-26-13-18(11-24-26)25-20(27)14-28-21-19-4-2-1-3-16(19)9-10-23-21/h1-11,13H,12,14H2,(H,25,27). The average Bonchev–Trinajstić information content (AvgIpc) is 3.15. The van der Waals surface area contributed by atoms with E-state index in [2.05, 4.69) is 15.4 Å². The molecule has 0 saturated heterocycles. The molecule has 5 nitrogen and oxygen atoms in total. The minimum Gasteiger partial charge on any atom is -0.323 e. The first-order valence-corrected chi connectivity index (χ1v) is 9.69. The van der Waals surface area contributed by atoms with Gasteiger partial charge in [0.15, 0.2) is 0 Å². The quantitative estimate of drug-likeness (QED) is 0.496. The van der Waals surface area contributed by atoms with Crippen LogP contribution in [-0.4, -0.2) is 26.4 Å². The lowest BCUT2D eigenvalue weighted by Crippen LogP contribution is -2.13. The monoisotopic (exact) mass is 392 g/mol. The van der Waals surface area contributed by atoms with Crippen LogP contribution in [0.4, 0.5) is 10.1 Å². The number of fused-ring (bicyclic) bond motifs is 1. The van der Waals surface area contributed by atoms with E-state index < -0.39 is 0 Å². The van der Waals surface area contributed by atoms with Gasteiger partial charge in [-0.15, -0.1) is 0 Å². The summed E-state index contributed by atoms with van der Waals surface area (Å²) >= 11 is 1.40. The van der Waals surface area contributed by atoms with Gasteiger partial charge >= 0.3 is 0 Å². The molecule has 0 unspecified atom stereocenters. The Kier molecular flexibility index (Phi) is 5.34. The number of anilines is 1. The lowest BCUT2D eigenvalue weighted by Gasteiger charge is -2.05. The Labute approximate surface area is 165 Å². The second kappa shape index (κ2) is 8.22. The number of nitrogens with zero attached hydrogens (tertiary/aromatic N) is 3. The Morgan fingerprint density at radius 2 is 1.93 bits per heavy atom. The topological polar surface area (TPSA) is 59.8 Å². The molecule has 0 aliphatic carbocycles. The van der Waals surface area contributed by atoms with Crippen molar-refractivity contribution in [3.05, 3.63) is 84.6 Å². The first-order chi connectivity index (χ1) is 13.7. The summed E-state index contributed by atoms with van der Waals surface area (Å²) in [5.41, 5.74) is 1.55. The van der Waals surface area contributed by atoms with Crippen molar-refractivity contribution in [2.75, 3.05) is 11.1 Å². The molecule has 140 valence electrons. The predicted molar refractivity (Wildman–Crippen MR) is 109 cm³/mol. The Bertz CT molecular complexity index is 1110. The molecule has 1 amide bonds. The van der Waals surface area contributed by atoms with E-state index in [0.29, 0.717) is 12.2 Å². The maximum Gasteiger partial charge on any atom is 0.234 e. The predicted octanol–water partition coefficient (Wildman–Crippen LogP) is 4.35. The van der Waals surface area contributed by atoms with Crippen LogP contribution in [0, 0.1) is 5.82 Å². The summed E-state index contributed by atoms with van der Waals surface area (Å²) in [5.74, 6) is -0.138. The lowest BCUT2D eigenvalue weighted by molar-refractivity contribution is -0.113. The highest BCUT2D eigenvalue weighted by molar-refractivity contribution is 8.00. The third kappa shape index (κ3) is 4.37. The molecule has 4 rings (SSSR count). The van der Waals surface area contributed by atoms with Crippen LogP contribution in [0.1, 0.15) is 5.56 Å². The van der Waals surface area contributed by atoms with Crippen molar-refractivity contribution < 1.29 is 9.18 Å². The molecule has 0 radical (unpaired) electrons. The van der Waals surface area contributed by atoms with Gasteiger partial charge in [0.1, 0.15) is 10.8 Å². The molecular formula is C21H17FN4OS. The van der Waals surface area contributed by atoms with Gasteiger partial charge < -0.3 is 5.32 Å². The molecule has 1 N–H and O–H groups in total. The van der Waals surface area contributed by atoms with Crippen LogP contribution >= 0.6 is 11.8 Å². The molecular weight excluding hydrogens is 375 g/mol.